The van der Waals surface area contributed by atoms with E-state index in [9.17, 15) is 27.0 Å². The molecule has 188 valence electrons. The molecule has 0 amide bonds. The van der Waals surface area contributed by atoms with Crippen LogP contribution in [0.5, 0.6) is 0 Å². The maximum absolute atomic E-state index is 10.4. The van der Waals surface area contributed by atoms with Crippen LogP contribution in [0.25, 0.3) is 0 Å². The summed E-state index contributed by atoms with van der Waals surface area (Å²) >= 11 is 0. The molecule has 4 N–H and O–H groups in total. The SMILES string of the molecule is CC(C)CCC(CO)(CO)C(C)C.O=S(=O)(O)c1ccccc1.O=S(=O)(O)c1ccccc1. The lowest BCUT2D eigenvalue weighted by atomic mass is 9.74. The standard InChI is InChI=1S/C11H24O2.2C6H6O3S/c1-9(2)5-6-11(7-12,8-13)10(3)4;2*7-10(8,9)6-4-2-1-3-5-6/h9-10,12-13H,5-8H2,1-4H3;2*1-5H,(H,7,8,9). The van der Waals surface area contributed by atoms with Gasteiger partial charge in [-0.3, -0.25) is 9.11 Å². The van der Waals surface area contributed by atoms with Crippen molar-refractivity contribution in [2.75, 3.05) is 13.2 Å². The van der Waals surface area contributed by atoms with Gasteiger partial charge in [0.25, 0.3) is 20.2 Å². The van der Waals surface area contributed by atoms with Crippen molar-refractivity contribution in [3.8, 4) is 0 Å². The van der Waals surface area contributed by atoms with Crippen LogP contribution < -0.4 is 0 Å². The molecule has 2 rings (SSSR count). The lowest BCUT2D eigenvalue weighted by Crippen LogP contribution is -2.35. The quantitative estimate of drug-likeness (QED) is 0.395. The highest BCUT2D eigenvalue weighted by Gasteiger charge is 2.32. The van der Waals surface area contributed by atoms with Gasteiger partial charge in [0.15, 0.2) is 0 Å². The summed E-state index contributed by atoms with van der Waals surface area (Å²) in [7, 11) is -8.01. The van der Waals surface area contributed by atoms with Crippen molar-refractivity contribution in [1.82, 2.24) is 0 Å². The summed E-state index contributed by atoms with van der Waals surface area (Å²) in [6.45, 7) is 8.64. The van der Waals surface area contributed by atoms with E-state index in [1.54, 1.807) is 36.4 Å². The van der Waals surface area contributed by atoms with Crippen molar-refractivity contribution in [2.24, 2.45) is 17.3 Å². The summed E-state index contributed by atoms with van der Waals surface area (Å²) < 4.78 is 58.5. The van der Waals surface area contributed by atoms with Gasteiger partial charge in [-0.05, 0) is 42.5 Å². The maximum atomic E-state index is 10.4. The molecular weight excluding hydrogens is 468 g/mol. The zero-order valence-corrected chi connectivity index (χ0v) is 21.1. The third-order valence-electron chi connectivity index (χ3n) is 5.16. The van der Waals surface area contributed by atoms with Crippen LogP contribution in [0.2, 0.25) is 0 Å². The van der Waals surface area contributed by atoms with Crippen molar-refractivity contribution in [3.05, 3.63) is 60.7 Å². The van der Waals surface area contributed by atoms with Crippen molar-refractivity contribution < 1.29 is 36.2 Å². The van der Waals surface area contributed by atoms with E-state index in [1.807, 2.05) is 0 Å². The third-order valence-corrected chi connectivity index (χ3v) is 6.89. The fourth-order valence-electron chi connectivity index (χ4n) is 2.62. The second-order valence-corrected chi connectivity index (χ2v) is 11.2. The van der Waals surface area contributed by atoms with E-state index in [2.05, 4.69) is 27.7 Å². The Morgan fingerprint density at radius 2 is 1.03 bits per heavy atom. The highest BCUT2D eigenvalue weighted by molar-refractivity contribution is 7.86. The van der Waals surface area contributed by atoms with Crippen molar-refractivity contribution >= 4 is 20.2 Å². The molecular formula is C23H36O8S2. The molecule has 0 aliphatic carbocycles. The molecule has 0 radical (unpaired) electrons. The number of hydrogen-bond donors (Lipinski definition) is 4. The normalized spacial score (nSPS) is 11.9. The molecule has 2 aromatic rings. The first-order valence-corrected chi connectivity index (χ1v) is 13.3. The lowest BCUT2D eigenvalue weighted by molar-refractivity contribution is 0.00497. The van der Waals surface area contributed by atoms with Crippen LogP contribution in [0, 0.1) is 17.3 Å². The molecule has 0 aliphatic heterocycles. The first-order chi connectivity index (χ1) is 15.2. The Morgan fingerprint density at radius 1 is 0.697 bits per heavy atom. The van der Waals surface area contributed by atoms with Crippen molar-refractivity contribution in [1.29, 1.82) is 0 Å². The summed E-state index contributed by atoms with van der Waals surface area (Å²) in [5, 5.41) is 18.6. The Labute approximate surface area is 197 Å². The van der Waals surface area contributed by atoms with Crippen LogP contribution >= 0.6 is 0 Å². The number of aliphatic hydroxyl groups is 2. The highest BCUT2D eigenvalue weighted by Crippen LogP contribution is 2.33. The fraction of sp³-hybridized carbons (Fsp3) is 0.478. The van der Waals surface area contributed by atoms with Gasteiger partial charge in [0.2, 0.25) is 0 Å². The van der Waals surface area contributed by atoms with E-state index in [0.29, 0.717) is 11.8 Å². The van der Waals surface area contributed by atoms with E-state index in [0.717, 1.165) is 12.8 Å². The molecule has 0 spiro atoms. The van der Waals surface area contributed by atoms with E-state index >= 15 is 0 Å². The number of hydrogen-bond acceptors (Lipinski definition) is 6. The van der Waals surface area contributed by atoms with E-state index in [4.69, 9.17) is 9.11 Å². The predicted octanol–water partition coefficient (Wildman–Crippen LogP) is 3.92. The Bertz CT molecular complexity index is 916. The molecule has 10 heteroatoms. The summed E-state index contributed by atoms with van der Waals surface area (Å²) in [4.78, 5) is -0.148. The fourth-order valence-corrected chi connectivity index (χ4v) is 3.63. The zero-order chi connectivity index (χ0) is 25.7. The smallest absolute Gasteiger partial charge is 0.294 e. The predicted molar refractivity (Wildman–Crippen MR) is 128 cm³/mol. The molecule has 33 heavy (non-hydrogen) atoms. The van der Waals surface area contributed by atoms with Gasteiger partial charge in [0, 0.05) is 5.41 Å². The van der Waals surface area contributed by atoms with Gasteiger partial charge in [0.1, 0.15) is 0 Å². The number of rotatable bonds is 8. The van der Waals surface area contributed by atoms with Crippen LogP contribution in [0.4, 0.5) is 0 Å². The molecule has 0 aromatic heterocycles. The van der Waals surface area contributed by atoms with Crippen LogP contribution in [-0.2, 0) is 20.2 Å². The first-order valence-electron chi connectivity index (χ1n) is 10.5. The maximum Gasteiger partial charge on any atom is 0.294 e. The zero-order valence-electron chi connectivity index (χ0n) is 19.5. The Kier molecular flexibility index (Phi) is 13.6. The topological polar surface area (TPSA) is 149 Å². The molecule has 0 saturated heterocycles. The largest absolute Gasteiger partial charge is 0.396 e. The molecule has 0 heterocycles. The van der Waals surface area contributed by atoms with E-state index in [1.165, 1.54) is 24.3 Å². The van der Waals surface area contributed by atoms with Gasteiger partial charge in [0.05, 0.1) is 23.0 Å². The summed E-state index contributed by atoms with van der Waals surface area (Å²) in [5.74, 6) is 0.970. The number of benzene rings is 2. The summed E-state index contributed by atoms with van der Waals surface area (Å²) in [6.07, 6.45) is 1.98. The van der Waals surface area contributed by atoms with E-state index < -0.39 is 20.2 Å². The minimum absolute atomic E-state index is 0.0741. The Morgan fingerprint density at radius 3 is 1.21 bits per heavy atom. The minimum atomic E-state index is -4.00. The molecule has 0 saturated carbocycles. The second kappa shape index (κ2) is 14.4. The van der Waals surface area contributed by atoms with Crippen LogP contribution in [0.1, 0.15) is 40.5 Å². The second-order valence-electron chi connectivity index (χ2n) is 8.34. The monoisotopic (exact) mass is 504 g/mol. The molecule has 0 bridgehead atoms. The molecule has 8 nitrogen and oxygen atoms in total. The highest BCUT2D eigenvalue weighted by atomic mass is 32.2. The Balaban J connectivity index is 0.000000470. The van der Waals surface area contributed by atoms with Gasteiger partial charge in [-0.15, -0.1) is 0 Å². The molecule has 0 aliphatic rings. The lowest BCUT2D eigenvalue weighted by Gasteiger charge is -2.34. The average Bonchev–Trinajstić information content (AvgIpc) is 2.75. The van der Waals surface area contributed by atoms with Crippen LogP contribution in [0.15, 0.2) is 70.5 Å². The third kappa shape index (κ3) is 12.3. The molecule has 2 aromatic carbocycles. The van der Waals surface area contributed by atoms with Gasteiger partial charge in [-0.1, -0.05) is 70.5 Å². The van der Waals surface area contributed by atoms with E-state index in [-0.39, 0.29) is 28.4 Å². The summed E-state index contributed by atoms with van der Waals surface area (Å²) in [6, 6.07) is 14.8. The van der Waals surface area contributed by atoms with Gasteiger partial charge >= 0.3 is 0 Å². The van der Waals surface area contributed by atoms with Gasteiger partial charge < -0.3 is 10.2 Å². The first kappa shape index (κ1) is 31.2. The summed E-state index contributed by atoms with van der Waals surface area (Å²) in [5.41, 5.74) is -0.274. The van der Waals surface area contributed by atoms with Crippen LogP contribution in [-0.4, -0.2) is 49.4 Å². The molecule has 0 unspecified atom stereocenters. The Hall–Kier alpha value is -1.82. The van der Waals surface area contributed by atoms with Gasteiger partial charge in [-0.2, -0.15) is 16.8 Å². The number of aliphatic hydroxyl groups excluding tert-OH is 2. The molecule has 0 atom stereocenters. The van der Waals surface area contributed by atoms with Crippen LogP contribution in [0.3, 0.4) is 0 Å². The van der Waals surface area contributed by atoms with Gasteiger partial charge in [-0.25, -0.2) is 0 Å². The van der Waals surface area contributed by atoms with Crippen molar-refractivity contribution in [3.63, 3.8) is 0 Å². The van der Waals surface area contributed by atoms with Crippen molar-refractivity contribution in [2.45, 2.75) is 50.3 Å². The average molecular weight is 505 g/mol. The minimum Gasteiger partial charge on any atom is -0.396 e. The molecule has 0 fully saturated rings.